The van der Waals surface area contributed by atoms with E-state index in [4.69, 9.17) is 4.74 Å². The molecule has 0 bridgehead atoms. The van der Waals surface area contributed by atoms with E-state index >= 15 is 0 Å². The van der Waals surface area contributed by atoms with Crippen molar-refractivity contribution in [3.8, 4) is 0 Å². The second-order valence-corrected chi connectivity index (χ2v) is 5.48. The minimum atomic E-state index is -0.171. The molecule has 102 valence electrons. The lowest BCUT2D eigenvalue weighted by molar-refractivity contribution is -0.0373. The fraction of sp³-hybridized carbons (Fsp3) is 1.00. The fourth-order valence-corrected chi connectivity index (χ4v) is 2.65. The molecular formula is C13H28N2O2. The van der Waals surface area contributed by atoms with E-state index in [2.05, 4.69) is 37.9 Å². The lowest BCUT2D eigenvalue weighted by Gasteiger charge is -2.40. The van der Waals surface area contributed by atoms with Gasteiger partial charge in [0.05, 0.1) is 19.3 Å². The van der Waals surface area contributed by atoms with E-state index in [-0.39, 0.29) is 12.1 Å². The van der Waals surface area contributed by atoms with Crippen LogP contribution in [0.3, 0.4) is 0 Å². The number of likely N-dealkylation sites (N-methyl/N-ethyl adjacent to an activating group) is 1. The average Bonchev–Trinajstić information content (AvgIpc) is 2.29. The SMILES string of the molecule is CCNC(C)(CO)CC(C)N1CCOC(C)C1. The maximum atomic E-state index is 9.51. The monoisotopic (exact) mass is 244 g/mol. The van der Waals surface area contributed by atoms with Gasteiger partial charge < -0.3 is 15.2 Å². The first kappa shape index (κ1) is 14.9. The number of ether oxygens (including phenoxy) is 1. The Morgan fingerprint density at radius 1 is 1.59 bits per heavy atom. The van der Waals surface area contributed by atoms with Crippen LogP contribution in [0, 0.1) is 0 Å². The van der Waals surface area contributed by atoms with E-state index in [1.165, 1.54) is 0 Å². The lowest BCUT2D eigenvalue weighted by Crippen LogP contribution is -2.53. The molecule has 4 heteroatoms. The molecule has 1 heterocycles. The van der Waals surface area contributed by atoms with Crippen LogP contribution in [0.4, 0.5) is 0 Å². The Bertz CT molecular complexity index is 225. The first-order valence-corrected chi connectivity index (χ1v) is 6.72. The van der Waals surface area contributed by atoms with Crippen LogP contribution in [0.5, 0.6) is 0 Å². The van der Waals surface area contributed by atoms with Crippen molar-refractivity contribution in [3.05, 3.63) is 0 Å². The van der Waals surface area contributed by atoms with Crippen molar-refractivity contribution in [3.63, 3.8) is 0 Å². The molecule has 0 radical (unpaired) electrons. The quantitative estimate of drug-likeness (QED) is 0.727. The Balaban J connectivity index is 2.48. The molecule has 1 rings (SSSR count). The molecule has 3 unspecified atom stereocenters. The maximum absolute atomic E-state index is 9.51. The smallest absolute Gasteiger partial charge is 0.0674 e. The van der Waals surface area contributed by atoms with Gasteiger partial charge >= 0.3 is 0 Å². The van der Waals surface area contributed by atoms with E-state index in [0.717, 1.165) is 32.7 Å². The summed E-state index contributed by atoms with van der Waals surface area (Å²) in [5.41, 5.74) is -0.171. The highest BCUT2D eigenvalue weighted by atomic mass is 16.5. The molecule has 2 N–H and O–H groups in total. The van der Waals surface area contributed by atoms with Gasteiger partial charge in [-0.3, -0.25) is 4.90 Å². The standard InChI is InChI=1S/C13H28N2O2/c1-5-14-13(4,10-16)8-11(2)15-6-7-17-12(3)9-15/h11-12,14,16H,5-10H2,1-4H3. The number of hydrogen-bond acceptors (Lipinski definition) is 4. The van der Waals surface area contributed by atoms with Gasteiger partial charge in [-0.15, -0.1) is 0 Å². The Morgan fingerprint density at radius 3 is 2.82 bits per heavy atom. The molecule has 17 heavy (non-hydrogen) atoms. The topological polar surface area (TPSA) is 44.7 Å². The summed E-state index contributed by atoms with van der Waals surface area (Å²) in [6.07, 6.45) is 1.29. The van der Waals surface area contributed by atoms with Crippen molar-refractivity contribution in [1.29, 1.82) is 0 Å². The molecule has 0 aromatic carbocycles. The zero-order valence-corrected chi connectivity index (χ0v) is 11.7. The van der Waals surface area contributed by atoms with E-state index in [1.54, 1.807) is 0 Å². The zero-order chi connectivity index (χ0) is 12.9. The summed E-state index contributed by atoms with van der Waals surface area (Å²) >= 11 is 0. The van der Waals surface area contributed by atoms with Gasteiger partial charge in [-0.05, 0) is 33.7 Å². The third-order valence-corrected chi connectivity index (χ3v) is 3.59. The molecule has 0 aromatic rings. The van der Waals surface area contributed by atoms with Crippen LogP contribution in [-0.4, -0.2) is 60.5 Å². The van der Waals surface area contributed by atoms with Crippen LogP contribution >= 0.6 is 0 Å². The average molecular weight is 244 g/mol. The van der Waals surface area contributed by atoms with Crippen molar-refractivity contribution in [1.82, 2.24) is 10.2 Å². The van der Waals surface area contributed by atoms with Crippen LogP contribution in [0.2, 0.25) is 0 Å². The van der Waals surface area contributed by atoms with Crippen molar-refractivity contribution < 1.29 is 9.84 Å². The van der Waals surface area contributed by atoms with E-state index < -0.39 is 0 Å². The van der Waals surface area contributed by atoms with Crippen molar-refractivity contribution in [2.45, 2.75) is 51.8 Å². The summed E-state index contributed by atoms with van der Waals surface area (Å²) in [5.74, 6) is 0. The predicted octanol–water partition coefficient (Wildman–Crippen LogP) is 0.846. The molecule has 0 amide bonds. The molecule has 4 nitrogen and oxygen atoms in total. The summed E-state index contributed by atoms with van der Waals surface area (Å²) in [4.78, 5) is 2.46. The van der Waals surface area contributed by atoms with Gasteiger partial charge in [0.15, 0.2) is 0 Å². The van der Waals surface area contributed by atoms with Crippen molar-refractivity contribution in [2.75, 3.05) is 32.8 Å². The molecule has 3 atom stereocenters. The number of aliphatic hydroxyl groups excluding tert-OH is 1. The largest absolute Gasteiger partial charge is 0.394 e. The molecule has 1 aliphatic heterocycles. The van der Waals surface area contributed by atoms with Crippen molar-refractivity contribution >= 4 is 0 Å². The fourth-order valence-electron chi connectivity index (χ4n) is 2.65. The first-order chi connectivity index (χ1) is 8.00. The summed E-state index contributed by atoms with van der Waals surface area (Å²) in [6, 6.07) is 0.470. The highest BCUT2D eigenvalue weighted by Crippen LogP contribution is 2.18. The number of nitrogens with zero attached hydrogens (tertiary/aromatic N) is 1. The van der Waals surface area contributed by atoms with Crippen LogP contribution in [-0.2, 0) is 4.74 Å². The van der Waals surface area contributed by atoms with Gasteiger partial charge in [0.25, 0.3) is 0 Å². The number of rotatable bonds is 6. The van der Waals surface area contributed by atoms with Gasteiger partial charge in [0, 0.05) is 24.7 Å². The Morgan fingerprint density at radius 2 is 2.29 bits per heavy atom. The molecular weight excluding hydrogens is 216 g/mol. The van der Waals surface area contributed by atoms with E-state index in [1.807, 2.05) is 0 Å². The van der Waals surface area contributed by atoms with E-state index in [0.29, 0.717) is 12.1 Å². The van der Waals surface area contributed by atoms with Gasteiger partial charge in [-0.2, -0.15) is 0 Å². The zero-order valence-electron chi connectivity index (χ0n) is 11.7. The summed E-state index contributed by atoms with van der Waals surface area (Å²) in [7, 11) is 0. The number of morpholine rings is 1. The first-order valence-electron chi connectivity index (χ1n) is 6.72. The second kappa shape index (κ2) is 6.69. The third-order valence-electron chi connectivity index (χ3n) is 3.59. The maximum Gasteiger partial charge on any atom is 0.0674 e. The molecule has 0 spiro atoms. The molecule has 1 saturated heterocycles. The molecule has 1 aliphatic rings. The van der Waals surface area contributed by atoms with Crippen LogP contribution in [0.25, 0.3) is 0 Å². The van der Waals surface area contributed by atoms with Gasteiger partial charge in [0.1, 0.15) is 0 Å². The van der Waals surface area contributed by atoms with Gasteiger partial charge in [-0.1, -0.05) is 6.92 Å². The minimum absolute atomic E-state index is 0.171. The van der Waals surface area contributed by atoms with Gasteiger partial charge in [0.2, 0.25) is 0 Å². The van der Waals surface area contributed by atoms with Crippen LogP contribution < -0.4 is 5.32 Å². The molecule has 0 saturated carbocycles. The third kappa shape index (κ3) is 4.54. The number of nitrogens with one attached hydrogen (secondary N) is 1. The minimum Gasteiger partial charge on any atom is -0.394 e. The lowest BCUT2D eigenvalue weighted by atomic mass is 9.93. The van der Waals surface area contributed by atoms with Crippen molar-refractivity contribution in [2.24, 2.45) is 0 Å². The predicted molar refractivity (Wildman–Crippen MR) is 70.2 cm³/mol. The summed E-state index contributed by atoms with van der Waals surface area (Å²) in [6.45, 7) is 12.4. The second-order valence-electron chi connectivity index (χ2n) is 5.48. The summed E-state index contributed by atoms with van der Waals surface area (Å²) < 4.78 is 5.56. The van der Waals surface area contributed by atoms with Crippen LogP contribution in [0.15, 0.2) is 0 Å². The number of hydrogen-bond donors (Lipinski definition) is 2. The highest BCUT2D eigenvalue weighted by molar-refractivity contribution is 4.87. The Labute approximate surface area is 105 Å². The summed E-state index contributed by atoms with van der Waals surface area (Å²) in [5, 5.41) is 12.9. The van der Waals surface area contributed by atoms with E-state index in [9.17, 15) is 5.11 Å². The Hall–Kier alpha value is -0.160. The molecule has 0 aliphatic carbocycles. The highest BCUT2D eigenvalue weighted by Gasteiger charge is 2.29. The van der Waals surface area contributed by atoms with Gasteiger partial charge in [-0.25, -0.2) is 0 Å². The molecule has 0 aromatic heterocycles. The molecule has 1 fully saturated rings. The normalized spacial score (nSPS) is 27.7. The van der Waals surface area contributed by atoms with Crippen LogP contribution in [0.1, 0.15) is 34.1 Å². The Kier molecular flexibility index (Phi) is 5.86. The number of aliphatic hydroxyl groups is 1.